The number of thioether (sulfide) groups is 1. The second-order valence-electron chi connectivity index (χ2n) is 4.77. The Labute approximate surface area is 142 Å². The van der Waals surface area contributed by atoms with Crippen LogP contribution in [0.25, 0.3) is 11.1 Å². The summed E-state index contributed by atoms with van der Waals surface area (Å²) in [5.74, 6) is 0.612. The van der Waals surface area contributed by atoms with Crippen LogP contribution in [0, 0.1) is 0 Å². The fourth-order valence-corrected chi connectivity index (χ4v) is 2.65. The van der Waals surface area contributed by atoms with E-state index >= 15 is 0 Å². The van der Waals surface area contributed by atoms with Gasteiger partial charge < -0.3 is 9.15 Å². The van der Waals surface area contributed by atoms with E-state index in [1.54, 1.807) is 13.3 Å². The third-order valence-corrected chi connectivity index (χ3v) is 3.96. The van der Waals surface area contributed by atoms with Gasteiger partial charge in [0.25, 0.3) is 11.1 Å². The molecule has 0 unspecified atom stereocenters. The number of ether oxygens (including phenoxy) is 1. The molecule has 1 N–H and O–H groups in total. The van der Waals surface area contributed by atoms with Crippen LogP contribution in [0.3, 0.4) is 0 Å². The molecule has 0 aliphatic heterocycles. The van der Waals surface area contributed by atoms with Gasteiger partial charge >= 0.3 is 0 Å². The third-order valence-electron chi connectivity index (χ3n) is 3.13. The number of carbonyl (C=O) groups is 1. The molecule has 3 rings (SSSR count). The highest BCUT2D eigenvalue weighted by Gasteiger charge is 2.08. The smallest absolute Gasteiger partial charge is 0.257 e. The molecular formula is C17H15N3O3S. The first-order chi connectivity index (χ1) is 11.8. The Balaban J connectivity index is 1.53. The van der Waals surface area contributed by atoms with E-state index in [0.29, 0.717) is 16.6 Å². The Hall–Kier alpha value is -2.80. The van der Waals surface area contributed by atoms with Crippen molar-refractivity contribution in [2.24, 2.45) is 5.10 Å². The van der Waals surface area contributed by atoms with Crippen LogP contribution in [0.1, 0.15) is 5.56 Å². The van der Waals surface area contributed by atoms with Crippen LogP contribution in [-0.2, 0) is 4.79 Å². The number of hydrazone groups is 1. The lowest BCUT2D eigenvalue weighted by atomic mass is 10.2. The summed E-state index contributed by atoms with van der Waals surface area (Å²) >= 11 is 1.22. The SMILES string of the molecule is COc1ccccc1/C=N\NC(=O)CSc1nc2ccccc2o1. The van der Waals surface area contributed by atoms with Crippen molar-refractivity contribution < 1.29 is 13.9 Å². The van der Waals surface area contributed by atoms with Crippen LogP contribution < -0.4 is 10.2 Å². The summed E-state index contributed by atoms with van der Waals surface area (Å²) in [6.45, 7) is 0. The molecule has 0 aliphatic rings. The molecule has 0 atom stereocenters. The Kier molecular flexibility index (Phi) is 5.12. The van der Waals surface area contributed by atoms with Gasteiger partial charge in [0.15, 0.2) is 5.58 Å². The number of carbonyl (C=O) groups excluding carboxylic acids is 1. The van der Waals surface area contributed by atoms with Crippen molar-refractivity contribution in [2.45, 2.75) is 5.22 Å². The first kappa shape index (κ1) is 16.1. The van der Waals surface area contributed by atoms with Crippen LogP contribution in [0.4, 0.5) is 0 Å². The van der Waals surface area contributed by atoms with Gasteiger partial charge in [-0.1, -0.05) is 36.0 Å². The van der Waals surface area contributed by atoms with Gasteiger partial charge in [-0.15, -0.1) is 0 Å². The highest BCUT2D eigenvalue weighted by molar-refractivity contribution is 7.99. The van der Waals surface area contributed by atoms with Gasteiger partial charge in [0.05, 0.1) is 19.1 Å². The number of hydrogen-bond acceptors (Lipinski definition) is 6. The highest BCUT2D eigenvalue weighted by Crippen LogP contribution is 2.22. The number of hydrogen-bond donors (Lipinski definition) is 1. The number of methoxy groups -OCH3 is 1. The zero-order valence-electron chi connectivity index (χ0n) is 12.9. The maximum atomic E-state index is 11.8. The Morgan fingerprint density at radius 1 is 1.29 bits per heavy atom. The lowest BCUT2D eigenvalue weighted by Crippen LogP contribution is -2.19. The van der Waals surface area contributed by atoms with Gasteiger partial charge in [0.1, 0.15) is 11.3 Å². The molecule has 0 aliphatic carbocycles. The Morgan fingerprint density at radius 3 is 2.92 bits per heavy atom. The number of oxazole rings is 1. The third kappa shape index (κ3) is 3.94. The fourth-order valence-electron chi connectivity index (χ4n) is 2.02. The van der Waals surface area contributed by atoms with Crippen molar-refractivity contribution in [3.63, 3.8) is 0 Å². The van der Waals surface area contributed by atoms with Crippen LogP contribution in [0.15, 0.2) is 63.3 Å². The molecule has 1 heterocycles. The van der Waals surface area contributed by atoms with Gasteiger partial charge in [0.2, 0.25) is 0 Å². The monoisotopic (exact) mass is 341 g/mol. The van der Waals surface area contributed by atoms with Crippen LogP contribution in [0.5, 0.6) is 5.75 Å². The van der Waals surface area contributed by atoms with E-state index in [4.69, 9.17) is 9.15 Å². The predicted molar refractivity (Wildman–Crippen MR) is 93.5 cm³/mol. The van der Waals surface area contributed by atoms with Crippen LogP contribution in [0.2, 0.25) is 0 Å². The second kappa shape index (κ2) is 7.65. The summed E-state index contributed by atoms with van der Waals surface area (Å²) in [6, 6.07) is 14.9. The zero-order valence-corrected chi connectivity index (χ0v) is 13.7. The normalized spacial score (nSPS) is 11.0. The molecule has 6 nitrogen and oxygen atoms in total. The Morgan fingerprint density at radius 2 is 2.08 bits per heavy atom. The number of benzene rings is 2. The van der Waals surface area contributed by atoms with Gasteiger partial charge in [-0.2, -0.15) is 5.10 Å². The van der Waals surface area contributed by atoms with Gasteiger partial charge in [-0.25, -0.2) is 10.4 Å². The van der Waals surface area contributed by atoms with Crippen molar-refractivity contribution >= 4 is 35.0 Å². The first-order valence-corrected chi connectivity index (χ1v) is 8.18. The minimum absolute atomic E-state index is 0.163. The average Bonchev–Trinajstić information content (AvgIpc) is 3.03. The minimum atomic E-state index is -0.242. The number of aromatic nitrogens is 1. The molecule has 0 saturated heterocycles. The van der Waals surface area contributed by atoms with Crippen molar-refractivity contribution in [3.05, 3.63) is 54.1 Å². The van der Waals surface area contributed by atoms with E-state index in [2.05, 4.69) is 15.5 Å². The summed E-state index contributed by atoms with van der Waals surface area (Å²) in [7, 11) is 1.59. The number of amides is 1. The van der Waals surface area contributed by atoms with Gasteiger partial charge in [-0.3, -0.25) is 4.79 Å². The summed E-state index contributed by atoms with van der Waals surface area (Å²) in [6.07, 6.45) is 1.54. The van der Waals surface area contributed by atoms with Crippen molar-refractivity contribution in [1.29, 1.82) is 0 Å². The van der Waals surface area contributed by atoms with Gasteiger partial charge in [0, 0.05) is 5.56 Å². The lowest BCUT2D eigenvalue weighted by molar-refractivity contribution is -0.118. The molecule has 24 heavy (non-hydrogen) atoms. The number of nitrogens with zero attached hydrogens (tertiary/aromatic N) is 2. The molecule has 1 aromatic heterocycles. The molecule has 0 fully saturated rings. The molecule has 0 radical (unpaired) electrons. The maximum absolute atomic E-state index is 11.8. The number of rotatable bonds is 6. The predicted octanol–water partition coefficient (Wildman–Crippen LogP) is 3.08. The van der Waals surface area contributed by atoms with E-state index < -0.39 is 0 Å². The molecule has 1 amide bonds. The largest absolute Gasteiger partial charge is 0.496 e. The molecule has 122 valence electrons. The minimum Gasteiger partial charge on any atom is -0.496 e. The molecule has 3 aromatic rings. The highest BCUT2D eigenvalue weighted by atomic mass is 32.2. The topological polar surface area (TPSA) is 76.7 Å². The molecule has 2 aromatic carbocycles. The van der Waals surface area contributed by atoms with Crippen molar-refractivity contribution in [3.8, 4) is 5.75 Å². The lowest BCUT2D eigenvalue weighted by Gasteiger charge is -2.03. The van der Waals surface area contributed by atoms with Crippen molar-refractivity contribution in [2.75, 3.05) is 12.9 Å². The summed E-state index contributed by atoms with van der Waals surface area (Å²) in [5.41, 5.74) is 4.73. The quantitative estimate of drug-likeness (QED) is 0.423. The molecule has 0 bridgehead atoms. The van der Waals surface area contributed by atoms with E-state index in [9.17, 15) is 4.79 Å². The number of nitrogens with one attached hydrogen (secondary N) is 1. The van der Waals surface area contributed by atoms with Gasteiger partial charge in [-0.05, 0) is 24.3 Å². The second-order valence-corrected chi connectivity index (χ2v) is 5.70. The van der Waals surface area contributed by atoms with Crippen LogP contribution in [-0.4, -0.2) is 30.0 Å². The summed E-state index contributed by atoms with van der Waals surface area (Å²) < 4.78 is 10.7. The molecule has 0 saturated carbocycles. The van der Waals surface area contributed by atoms with E-state index in [1.165, 1.54) is 11.8 Å². The van der Waals surface area contributed by atoms with E-state index in [-0.39, 0.29) is 11.7 Å². The Bertz CT molecular complexity index is 843. The summed E-state index contributed by atoms with van der Waals surface area (Å²) in [4.78, 5) is 16.1. The van der Waals surface area contributed by atoms with E-state index in [1.807, 2.05) is 48.5 Å². The zero-order chi connectivity index (χ0) is 16.8. The number of fused-ring (bicyclic) bond motifs is 1. The molecule has 0 spiro atoms. The van der Waals surface area contributed by atoms with E-state index in [0.717, 1.165) is 11.1 Å². The maximum Gasteiger partial charge on any atom is 0.257 e. The molecule has 7 heteroatoms. The molecular weight excluding hydrogens is 326 g/mol. The summed E-state index contributed by atoms with van der Waals surface area (Å²) in [5, 5.41) is 4.39. The average molecular weight is 341 g/mol. The standard InChI is InChI=1S/C17H15N3O3S/c1-22-14-8-4-2-6-12(14)10-18-20-16(21)11-24-17-19-13-7-3-5-9-15(13)23-17/h2-10H,11H2,1H3,(H,20,21)/b18-10-. The van der Waals surface area contributed by atoms with Crippen LogP contribution >= 0.6 is 11.8 Å². The van der Waals surface area contributed by atoms with Crippen molar-refractivity contribution in [1.82, 2.24) is 10.4 Å². The fraction of sp³-hybridized carbons (Fsp3) is 0.118. The first-order valence-electron chi connectivity index (χ1n) is 7.19. The number of para-hydroxylation sites is 3.